The maximum absolute atomic E-state index is 11.7. The molecule has 0 unspecified atom stereocenters. The Labute approximate surface area is 91.6 Å². The maximum atomic E-state index is 11.7. The number of rotatable bonds is 4. The molecule has 0 radical (unpaired) electrons. The van der Waals surface area contributed by atoms with Crippen molar-refractivity contribution in [1.82, 2.24) is 4.90 Å². The number of ketones is 1. The van der Waals surface area contributed by atoms with E-state index in [4.69, 9.17) is 0 Å². The minimum atomic E-state index is 0.317. The molecule has 82 valence electrons. The summed E-state index contributed by atoms with van der Waals surface area (Å²) in [6.07, 6.45) is 10.0. The molecule has 0 saturated heterocycles. The highest BCUT2D eigenvalue weighted by atomic mass is 16.1. The van der Waals surface area contributed by atoms with E-state index >= 15 is 0 Å². The van der Waals surface area contributed by atoms with Crippen LogP contribution in [0.1, 0.15) is 39.0 Å². The lowest BCUT2D eigenvalue weighted by Gasteiger charge is -2.22. The van der Waals surface area contributed by atoms with Crippen LogP contribution in [0.2, 0.25) is 0 Å². The number of unbranched alkanes of at least 4 members (excludes halogenated alkanes) is 2. The molecule has 0 bridgehead atoms. The van der Waals surface area contributed by atoms with E-state index in [-0.39, 0.29) is 0 Å². The van der Waals surface area contributed by atoms with Gasteiger partial charge in [-0.1, -0.05) is 31.9 Å². The summed E-state index contributed by atoms with van der Waals surface area (Å²) in [5, 5.41) is 0. The van der Waals surface area contributed by atoms with Crippen LogP contribution in [0.15, 0.2) is 23.4 Å². The third-order valence-corrected chi connectivity index (χ3v) is 3.19. The number of Topliss-reactive ketones (excluding diaryl/α,β-unsaturated/α-hetero) is 1. The Morgan fingerprint density at radius 1 is 1.40 bits per heavy atom. The lowest BCUT2D eigenvalue weighted by molar-refractivity contribution is -0.114. The largest absolute Gasteiger partial charge is 0.367 e. The average Bonchev–Trinajstić information content (AvgIpc) is 2.58. The number of allylic oxidation sites excluding steroid dienone is 3. The summed E-state index contributed by atoms with van der Waals surface area (Å²) in [6, 6.07) is 0. The summed E-state index contributed by atoms with van der Waals surface area (Å²) >= 11 is 0. The van der Waals surface area contributed by atoms with Gasteiger partial charge in [-0.15, -0.1) is 0 Å². The van der Waals surface area contributed by atoms with Crippen LogP contribution in [0.4, 0.5) is 0 Å². The van der Waals surface area contributed by atoms with Gasteiger partial charge in [0.2, 0.25) is 0 Å². The smallest absolute Gasteiger partial charge is 0.183 e. The van der Waals surface area contributed by atoms with Crippen molar-refractivity contribution in [3.63, 3.8) is 0 Å². The van der Waals surface area contributed by atoms with Crippen molar-refractivity contribution in [3.05, 3.63) is 23.4 Å². The Morgan fingerprint density at radius 3 is 3.07 bits per heavy atom. The van der Waals surface area contributed by atoms with Gasteiger partial charge in [-0.2, -0.15) is 0 Å². The molecule has 0 aromatic heterocycles. The Hall–Kier alpha value is -1.05. The van der Waals surface area contributed by atoms with Gasteiger partial charge in [0, 0.05) is 17.8 Å². The van der Waals surface area contributed by atoms with Crippen LogP contribution < -0.4 is 0 Å². The van der Waals surface area contributed by atoms with Crippen LogP contribution in [0.3, 0.4) is 0 Å². The predicted molar refractivity (Wildman–Crippen MR) is 61.5 cm³/mol. The van der Waals surface area contributed by atoms with Crippen LogP contribution >= 0.6 is 0 Å². The van der Waals surface area contributed by atoms with Crippen LogP contribution in [0, 0.1) is 0 Å². The summed E-state index contributed by atoms with van der Waals surface area (Å²) < 4.78 is 0. The van der Waals surface area contributed by atoms with Crippen molar-refractivity contribution in [3.8, 4) is 0 Å². The molecule has 2 aliphatic rings. The second-order valence-corrected chi connectivity index (χ2v) is 4.35. The van der Waals surface area contributed by atoms with E-state index in [1.165, 1.54) is 25.0 Å². The zero-order chi connectivity index (χ0) is 10.7. The van der Waals surface area contributed by atoms with Gasteiger partial charge in [0.25, 0.3) is 0 Å². The van der Waals surface area contributed by atoms with Crippen LogP contribution in [0.5, 0.6) is 0 Å². The highest BCUT2D eigenvalue weighted by molar-refractivity contribution is 6.02. The van der Waals surface area contributed by atoms with E-state index in [2.05, 4.69) is 17.9 Å². The molecule has 2 nitrogen and oxygen atoms in total. The molecule has 1 heterocycles. The second-order valence-electron chi connectivity index (χ2n) is 4.35. The average molecular weight is 205 g/mol. The lowest BCUT2D eigenvalue weighted by Crippen LogP contribution is -2.23. The molecule has 0 aromatic carbocycles. The Kier molecular flexibility index (Phi) is 3.24. The minimum Gasteiger partial charge on any atom is -0.367 e. The monoisotopic (exact) mass is 205 g/mol. The van der Waals surface area contributed by atoms with Crippen molar-refractivity contribution >= 4 is 5.78 Å². The van der Waals surface area contributed by atoms with Gasteiger partial charge >= 0.3 is 0 Å². The SMILES string of the molecule is CCCCCN1CC(=O)C2=C1CCC=C2. The van der Waals surface area contributed by atoms with E-state index in [0.717, 1.165) is 25.0 Å². The third kappa shape index (κ3) is 2.14. The van der Waals surface area contributed by atoms with Crippen LogP contribution in [0.25, 0.3) is 0 Å². The zero-order valence-electron chi connectivity index (χ0n) is 9.46. The fourth-order valence-electron chi connectivity index (χ4n) is 2.36. The summed E-state index contributed by atoms with van der Waals surface area (Å²) in [7, 11) is 0. The Balaban J connectivity index is 2.00. The second kappa shape index (κ2) is 4.65. The molecule has 0 saturated carbocycles. The van der Waals surface area contributed by atoms with E-state index in [9.17, 15) is 4.79 Å². The molecule has 1 aliphatic carbocycles. The minimum absolute atomic E-state index is 0.317. The van der Waals surface area contributed by atoms with Crippen LogP contribution in [-0.4, -0.2) is 23.8 Å². The van der Waals surface area contributed by atoms with Gasteiger partial charge in [-0.3, -0.25) is 4.79 Å². The molecule has 0 fully saturated rings. The van der Waals surface area contributed by atoms with Crippen molar-refractivity contribution in [1.29, 1.82) is 0 Å². The molecule has 2 heteroatoms. The highest BCUT2D eigenvalue weighted by Crippen LogP contribution is 2.28. The summed E-state index contributed by atoms with van der Waals surface area (Å²) in [4.78, 5) is 14.0. The van der Waals surface area contributed by atoms with Crippen molar-refractivity contribution in [2.24, 2.45) is 0 Å². The molecule has 0 atom stereocenters. The van der Waals surface area contributed by atoms with Gasteiger partial charge in [-0.05, 0) is 19.3 Å². The van der Waals surface area contributed by atoms with E-state index in [1.807, 2.05) is 6.08 Å². The number of hydrogen-bond acceptors (Lipinski definition) is 2. The lowest BCUT2D eigenvalue weighted by atomic mass is 10.0. The van der Waals surface area contributed by atoms with Gasteiger partial charge in [0.1, 0.15) is 0 Å². The van der Waals surface area contributed by atoms with Crippen LogP contribution in [-0.2, 0) is 4.79 Å². The maximum Gasteiger partial charge on any atom is 0.183 e. The van der Waals surface area contributed by atoms with Gasteiger partial charge in [-0.25, -0.2) is 0 Å². The standard InChI is InChI=1S/C13H19NO/c1-2-3-6-9-14-10-13(15)11-7-4-5-8-12(11)14/h4,7H,2-3,5-6,8-10H2,1H3. The van der Waals surface area contributed by atoms with Gasteiger partial charge < -0.3 is 4.90 Å². The highest BCUT2D eigenvalue weighted by Gasteiger charge is 2.28. The van der Waals surface area contributed by atoms with E-state index in [1.54, 1.807) is 0 Å². The van der Waals surface area contributed by atoms with E-state index < -0.39 is 0 Å². The zero-order valence-corrected chi connectivity index (χ0v) is 9.46. The van der Waals surface area contributed by atoms with Crippen molar-refractivity contribution in [2.75, 3.05) is 13.1 Å². The normalized spacial score (nSPS) is 20.1. The fraction of sp³-hybridized carbons (Fsp3) is 0.615. The molecule has 0 N–H and O–H groups in total. The first-order chi connectivity index (χ1) is 7.33. The topological polar surface area (TPSA) is 20.3 Å². The Bertz CT molecular complexity index is 314. The molecular weight excluding hydrogens is 186 g/mol. The number of hydrogen-bond donors (Lipinski definition) is 0. The number of carbonyl (C=O) groups is 1. The predicted octanol–water partition coefficient (Wildman–Crippen LogP) is 2.67. The Morgan fingerprint density at radius 2 is 2.27 bits per heavy atom. The molecule has 0 amide bonds. The summed E-state index contributed by atoms with van der Waals surface area (Å²) in [5.74, 6) is 0.317. The molecule has 2 rings (SSSR count). The molecule has 0 aromatic rings. The molecular formula is C13H19NO. The van der Waals surface area contributed by atoms with E-state index in [0.29, 0.717) is 12.3 Å². The molecule has 0 spiro atoms. The third-order valence-electron chi connectivity index (χ3n) is 3.19. The summed E-state index contributed by atoms with van der Waals surface area (Å²) in [5.41, 5.74) is 2.29. The first-order valence-electron chi connectivity index (χ1n) is 6.00. The van der Waals surface area contributed by atoms with Gasteiger partial charge in [0.15, 0.2) is 5.78 Å². The number of nitrogens with zero attached hydrogens (tertiary/aromatic N) is 1. The quantitative estimate of drug-likeness (QED) is 0.658. The number of carbonyl (C=O) groups excluding carboxylic acids is 1. The van der Waals surface area contributed by atoms with Gasteiger partial charge in [0.05, 0.1) is 6.54 Å². The fourth-order valence-corrected chi connectivity index (χ4v) is 2.36. The van der Waals surface area contributed by atoms with Crippen molar-refractivity contribution in [2.45, 2.75) is 39.0 Å². The molecule has 1 aliphatic heterocycles. The first kappa shape index (κ1) is 10.5. The van der Waals surface area contributed by atoms with Crippen molar-refractivity contribution < 1.29 is 4.79 Å². The molecule has 15 heavy (non-hydrogen) atoms. The summed E-state index contributed by atoms with van der Waals surface area (Å²) in [6.45, 7) is 3.90. The first-order valence-corrected chi connectivity index (χ1v) is 6.00.